The summed E-state index contributed by atoms with van der Waals surface area (Å²) in [7, 11) is 0. The molecular weight excluding hydrogens is 238 g/mol. The molecule has 0 bridgehead atoms. The normalized spacial score (nSPS) is 19.4. The molecule has 0 aromatic heterocycles. The zero-order valence-corrected chi connectivity index (χ0v) is 11.1. The van der Waals surface area contributed by atoms with Gasteiger partial charge in [-0.1, -0.05) is 36.9 Å². The Labute approximate surface area is 114 Å². The fourth-order valence-corrected chi connectivity index (χ4v) is 2.03. The van der Waals surface area contributed by atoms with Crippen LogP contribution >= 0.6 is 0 Å². The molecular formula is C15H21N3O. The number of nitrogens with zero attached hydrogens (tertiary/aromatic N) is 1. The van der Waals surface area contributed by atoms with Gasteiger partial charge in [0.15, 0.2) is 5.96 Å². The predicted octanol–water partition coefficient (Wildman–Crippen LogP) is 1.78. The first-order chi connectivity index (χ1) is 9.25. The lowest BCUT2D eigenvalue weighted by Crippen LogP contribution is -2.37. The minimum Gasteiger partial charge on any atom is -0.376 e. The van der Waals surface area contributed by atoms with Gasteiger partial charge < -0.3 is 15.8 Å². The summed E-state index contributed by atoms with van der Waals surface area (Å²) < 4.78 is 5.51. The van der Waals surface area contributed by atoms with Crippen molar-refractivity contribution >= 4 is 11.5 Å². The second-order valence-electron chi connectivity index (χ2n) is 4.69. The van der Waals surface area contributed by atoms with Crippen molar-refractivity contribution in [3.8, 4) is 0 Å². The molecule has 0 amide bonds. The van der Waals surface area contributed by atoms with Crippen molar-refractivity contribution < 1.29 is 4.74 Å². The molecule has 0 spiro atoms. The van der Waals surface area contributed by atoms with Gasteiger partial charge in [-0.2, -0.15) is 0 Å². The van der Waals surface area contributed by atoms with Gasteiger partial charge in [0.05, 0.1) is 12.6 Å². The fraction of sp³-hybridized carbons (Fsp3) is 0.400. The Hall–Kier alpha value is -1.81. The van der Waals surface area contributed by atoms with Crippen molar-refractivity contribution in [3.63, 3.8) is 0 Å². The lowest BCUT2D eigenvalue weighted by atomic mass is 10.1. The number of benzene rings is 1. The van der Waals surface area contributed by atoms with Crippen LogP contribution in [0.4, 0.5) is 0 Å². The monoisotopic (exact) mass is 259 g/mol. The van der Waals surface area contributed by atoms with Crippen LogP contribution in [0.15, 0.2) is 41.9 Å². The van der Waals surface area contributed by atoms with E-state index >= 15 is 0 Å². The Kier molecular flexibility index (Phi) is 4.98. The van der Waals surface area contributed by atoms with Gasteiger partial charge in [-0.15, -0.1) is 0 Å². The minimum atomic E-state index is 0.270. The first kappa shape index (κ1) is 13.6. The molecule has 1 aromatic carbocycles. The highest BCUT2D eigenvalue weighted by Gasteiger charge is 2.14. The molecule has 1 aromatic rings. The zero-order valence-electron chi connectivity index (χ0n) is 11.1. The summed E-state index contributed by atoms with van der Waals surface area (Å²) in [5.74, 6) is 0.451. The Morgan fingerprint density at radius 3 is 2.89 bits per heavy atom. The highest BCUT2D eigenvalue weighted by atomic mass is 16.5. The molecule has 1 unspecified atom stereocenters. The number of guanidine groups is 1. The van der Waals surface area contributed by atoms with Crippen molar-refractivity contribution in [2.45, 2.75) is 18.9 Å². The lowest BCUT2D eigenvalue weighted by Gasteiger charge is -2.11. The molecule has 2 rings (SSSR count). The maximum Gasteiger partial charge on any atom is 0.189 e. The number of hydrogen-bond donors (Lipinski definition) is 2. The van der Waals surface area contributed by atoms with Gasteiger partial charge in [0.25, 0.3) is 0 Å². The molecule has 102 valence electrons. The molecule has 1 saturated heterocycles. The van der Waals surface area contributed by atoms with Crippen molar-refractivity contribution in [2.75, 3.05) is 19.7 Å². The van der Waals surface area contributed by atoms with Crippen LogP contribution < -0.4 is 11.1 Å². The van der Waals surface area contributed by atoms with Crippen LogP contribution in [0.1, 0.15) is 18.4 Å². The summed E-state index contributed by atoms with van der Waals surface area (Å²) in [5, 5.41) is 3.09. The number of ether oxygens (including phenoxy) is 1. The largest absolute Gasteiger partial charge is 0.376 e. The van der Waals surface area contributed by atoms with E-state index in [0.717, 1.165) is 37.1 Å². The number of rotatable bonds is 5. The molecule has 0 saturated carbocycles. The highest BCUT2D eigenvalue weighted by molar-refractivity contribution is 5.79. The van der Waals surface area contributed by atoms with E-state index in [1.165, 1.54) is 0 Å². The number of hydrogen-bond acceptors (Lipinski definition) is 2. The predicted molar refractivity (Wildman–Crippen MR) is 78.9 cm³/mol. The third-order valence-electron chi connectivity index (χ3n) is 3.16. The Bertz CT molecular complexity index is 436. The molecule has 1 aliphatic rings. The van der Waals surface area contributed by atoms with Gasteiger partial charge in [-0.25, -0.2) is 4.99 Å². The maximum absolute atomic E-state index is 5.82. The third-order valence-corrected chi connectivity index (χ3v) is 3.16. The molecule has 1 fully saturated rings. The van der Waals surface area contributed by atoms with Gasteiger partial charge in [-0.05, 0) is 24.0 Å². The van der Waals surface area contributed by atoms with Gasteiger partial charge >= 0.3 is 0 Å². The second kappa shape index (κ2) is 6.95. The van der Waals surface area contributed by atoms with E-state index in [2.05, 4.69) is 16.9 Å². The van der Waals surface area contributed by atoms with Crippen LogP contribution in [-0.4, -0.2) is 31.8 Å². The van der Waals surface area contributed by atoms with E-state index < -0.39 is 0 Å². The molecule has 4 heteroatoms. The van der Waals surface area contributed by atoms with E-state index in [1.54, 1.807) is 0 Å². The van der Waals surface area contributed by atoms with Gasteiger partial charge in [0.1, 0.15) is 0 Å². The average Bonchev–Trinajstić information content (AvgIpc) is 2.96. The lowest BCUT2D eigenvalue weighted by molar-refractivity contribution is 0.114. The first-order valence-electron chi connectivity index (χ1n) is 6.64. The van der Waals surface area contributed by atoms with E-state index in [1.807, 2.05) is 30.3 Å². The number of nitrogens with two attached hydrogens (primary N) is 1. The smallest absolute Gasteiger partial charge is 0.189 e. The zero-order chi connectivity index (χ0) is 13.5. The van der Waals surface area contributed by atoms with Crippen molar-refractivity contribution in [1.82, 2.24) is 5.32 Å². The summed E-state index contributed by atoms with van der Waals surface area (Å²) in [6.07, 6.45) is 2.50. The molecule has 0 radical (unpaired) electrons. The van der Waals surface area contributed by atoms with Crippen LogP contribution in [0.3, 0.4) is 0 Å². The van der Waals surface area contributed by atoms with E-state index in [-0.39, 0.29) is 6.10 Å². The first-order valence-corrected chi connectivity index (χ1v) is 6.64. The topological polar surface area (TPSA) is 59.6 Å². The van der Waals surface area contributed by atoms with Crippen LogP contribution in [0.2, 0.25) is 0 Å². The molecule has 1 atom stereocenters. The minimum absolute atomic E-state index is 0.270. The SMILES string of the molecule is C=C(CN=C(N)NCC1CCCO1)c1ccccc1. The van der Waals surface area contributed by atoms with Crippen molar-refractivity contribution in [1.29, 1.82) is 0 Å². The third kappa shape index (κ3) is 4.41. The summed E-state index contributed by atoms with van der Waals surface area (Å²) in [4.78, 5) is 4.29. The van der Waals surface area contributed by atoms with Crippen molar-refractivity contribution in [2.24, 2.45) is 10.7 Å². The van der Waals surface area contributed by atoms with Crippen molar-refractivity contribution in [3.05, 3.63) is 42.5 Å². The number of aliphatic imine (C=N–C) groups is 1. The van der Waals surface area contributed by atoms with Crippen LogP contribution in [-0.2, 0) is 4.74 Å². The van der Waals surface area contributed by atoms with E-state index in [9.17, 15) is 0 Å². The maximum atomic E-state index is 5.82. The standard InChI is InChI=1S/C15H21N3O/c1-12(13-6-3-2-4-7-13)10-17-15(16)18-11-14-8-5-9-19-14/h2-4,6-7,14H,1,5,8-11H2,(H3,16,17,18). The summed E-state index contributed by atoms with van der Waals surface area (Å²) >= 11 is 0. The second-order valence-corrected chi connectivity index (χ2v) is 4.69. The molecule has 19 heavy (non-hydrogen) atoms. The molecule has 4 nitrogen and oxygen atoms in total. The molecule has 1 heterocycles. The summed E-state index contributed by atoms with van der Waals surface area (Å²) in [6.45, 7) is 6.11. The van der Waals surface area contributed by atoms with E-state index in [4.69, 9.17) is 10.5 Å². The Morgan fingerprint density at radius 1 is 1.42 bits per heavy atom. The molecule has 3 N–H and O–H groups in total. The van der Waals surface area contributed by atoms with Crippen LogP contribution in [0, 0.1) is 0 Å². The Morgan fingerprint density at radius 2 is 2.21 bits per heavy atom. The van der Waals surface area contributed by atoms with Gasteiger partial charge in [0, 0.05) is 13.2 Å². The van der Waals surface area contributed by atoms with Gasteiger partial charge in [-0.3, -0.25) is 0 Å². The van der Waals surface area contributed by atoms with Crippen LogP contribution in [0.25, 0.3) is 5.57 Å². The summed E-state index contributed by atoms with van der Waals surface area (Å²) in [5.41, 5.74) is 7.88. The number of nitrogens with one attached hydrogen (secondary N) is 1. The summed E-state index contributed by atoms with van der Waals surface area (Å²) in [6, 6.07) is 10.0. The van der Waals surface area contributed by atoms with E-state index in [0.29, 0.717) is 12.5 Å². The fourth-order valence-electron chi connectivity index (χ4n) is 2.03. The molecule has 0 aliphatic carbocycles. The average molecular weight is 259 g/mol. The van der Waals surface area contributed by atoms with Crippen LogP contribution in [0.5, 0.6) is 0 Å². The highest BCUT2D eigenvalue weighted by Crippen LogP contribution is 2.12. The van der Waals surface area contributed by atoms with Gasteiger partial charge in [0.2, 0.25) is 0 Å². The molecule has 1 aliphatic heterocycles. The quantitative estimate of drug-likeness (QED) is 0.626. The Balaban J connectivity index is 1.76.